The molecule has 0 radical (unpaired) electrons. The van der Waals surface area contributed by atoms with Gasteiger partial charge in [-0.05, 0) is 30.7 Å². The van der Waals surface area contributed by atoms with Gasteiger partial charge in [0.05, 0.1) is 0 Å². The smallest absolute Gasteiger partial charge is 0.150 e. The van der Waals surface area contributed by atoms with Gasteiger partial charge in [0.2, 0.25) is 0 Å². The zero-order valence-corrected chi connectivity index (χ0v) is 8.97. The number of nitrogens with zero attached hydrogens (tertiary/aromatic N) is 1. The third-order valence-corrected chi connectivity index (χ3v) is 2.33. The molecular weight excluding hydrogens is 200 g/mol. The molecule has 0 bridgehead atoms. The first-order valence-electron chi connectivity index (χ1n) is 5.03. The van der Waals surface area contributed by atoms with Gasteiger partial charge in [0.25, 0.3) is 0 Å². The van der Waals surface area contributed by atoms with Gasteiger partial charge in [-0.15, -0.1) is 0 Å². The Balaban J connectivity index is 2.27. The standard InChI is InChI=1S/C13H12N2O/c1-10-4-2-3-5-12(10)15-13-8-11(9-16)6-7-14-13/h2-9H,1H3,(H,14,15). The quantitative estimate of drug-likeness (QED) is 0.795. The fourth-order valence-corrected chi connectivity index (χ4v) is 1.44. The number of hydrogen-bond acceptors (Lipinski definition) is 3. The van der Waals surface area contributed by atoms with Crippen LogP contribution in [0.5, 0.6) is 0 Å². The van der Waals surface area contributed by atoms with E-state index in [1.54, 1.807) is 18.3 Å². The highest BCUT2D eigenvalue weighted by Gasteiger charge is 1.99. The summed E-state index contributed by atoms with van der Waals surface area (Å²) < 4.78 is 0. The van der Waals surface area contributed by atoms with Crippen molar-refractivity contribution in [3.63, 3.8) is 0 Å². The Morgan fingerprint density at radius 1 is 1.25 bits per heavy atom. The number of carbonyl (C=O) groups excluding carboxylic acids is 1. The Morgan fingerprint density at radius 2 is 2.06 bits per heavy atom. The van der Waals surface area contributed by atoms with Gasteiger partial charge in [0.15, 0.2) is 0 Å². The SMILES string of the molecule is Cc1ccccc1Nc1cc(C=O)ccn1. The maximum absolute atomic E-state index is 10.6. The second-order valence-corrected chi connectivity index (χ2v) is 3.53. The van der Waals surface area contributed by atoms with Gasteiger partial charge in [-0.25, -0.2) is 4.98 Å². The molecule has 2 aromatic rings. The van der Waals surface area contributed by atoms with E-state index in [0.717, 1.165) is 17.5 Å². The molecule has 16 heavy (non-hydrogen) atoms. The van der Waals surface area contributed by atoms with Crippen LogP contribution >= 0.6 is 0 Å². The Labute approximate surface area is 94.1 Å². The van der Waals surface area contributed by atoms with E-state index in [4.69, 9.17) is 0 Å². The lowest BCUT2D eigenvalue weighted by Gasteiger charge is -2.08. The number of hydrogen-bond donors (Lipinski definition) is 1. The number of aryl methyl sites for hydroxylation is 1. The van der Waals surface area contributed by atoms with Crippen molar-refractivity contribution in [1.82, 2.24) is 4.98 Å². The topological polar surface area (TPSA) is 42.0 Å². The summed E-state index contributed by atoms with van der Waals surface area (Å²) in [5.41, 5.74) is 2.75. The summed E-state index contributed by atoms with van der Waals surface area (Å²) in [5.74, 6) is 0.680. The molecular formula is C13H12N2O. The van der Waals surface area contributed by atoms with E-state index in [0.29, 0.717) is 11.4 Å². The molecule has 80 valence electrons. The van der Waals surface area contributed by atoms with Crippen molar-refractivity contribution in [3.8, 4) is 0 Å². The minimum absolute atomic E-state index is 0.617. The van der Waals surface area contributed by atoms with Gasteiger partial charge in [0, 0.05) is 17.4 Å². The number of benzene rings is 1. The van der Waals surface area contributed by atoms with Crippen LogP contribution in [0.3, 0.4) is 0 Å². The molecule has 0 saturated heterocycles. The minimum atomic E-state index is 0.617. The van der Waals surface area contributed by atoms with E-state index in [1.165, 1.54) is 0 Å². The van der Waals surface area contributed by atoms with Crippen molar-refractivity contribution in [2.24, 2.45) is 0 Å². The molecule has 0 amide bonds. The number of para-hydroxylation sites is 1. The Kier molecular flexibility index (Phi) is 2.96. The molecule has 0 saturated carbocycles. The van der Waals surface area contributed by atoms with Crippen LogP contribution in [0.25, 0.3) is 0 Å². The van der Waals surface area contributed by atoms with Crippen molar-refractivity contribution >= 4 is 17.8 Å². The number of rotatable bonds is 3. The molecule has 0 spiro atoms. The number of nitrogens with one attached hydrogen (secondary N) is 1. The fourth-order valence-electron chi connectivity index (χ4n) is 1.44. The summed E-state index contributed by atoms with van der Waals surface area (Å²) in [5, 5.41) is 3.18. The summed E-state index contributed by atoms with van der Waals surface area (Å²) in [6.07, 6.45) is 2.43. The van der Waals surface area contributed by atoms with Crippen LogP contribution in [0.4, 0.5) is 11.5 Å². The van der Waals surface area contributed by atoms with Crippen LogP contribution < -0.4 is 5.32 Å². The van der Waals surface area contributed by atoms with E-state index in [2.05, 4.69) is 10.3 Å². The summed E-state index contributed by atoms with van der Waals surface area (Å²) in [6.45, 7) is 2.02. The number of anilines is 2. The molecule has 0 unspecified atom stereocenters. The van der Waals surface area contributed by atoms with E-state index in [9.17, 15) is 4.79 Å². The lowest BCUT2D eigenvalue weighted by molar-refractivity contribution is 0.112. The first-order valence-corrected chi connectivity index (χ1v) is 5.03. The number of aldehydes is 1. The van der Waals surface area contributed by atoms with E-state index >= 15 is 0 Å². The minimum Gasteiger partial charge on any atom is -0.340 e. The molecule has 2 rings (SSSR count). The first-order chi connectivity index (χ1) is 7.79. The molecule has 1 aromatic heterocycles. The maximum Gasteiger partial charge on any atom is 0.150 e. The largest absolute Gasteiger partial charge is 0.340 e. The lowest BCUT2D eigenvalue weighted by Crippen LogP contribution is -1.96. The van der Waals surface area contributed by atoms with Gasteiger partial charge in [0.1, 0.15) is 12.1 Å². The van der Waals surface area contributed by atoms with Crippen LogP contribution in [-0.2, 0) is 0 Å². The second-order valence-electron chi connectivity index (χ2n) is 3.53. The second kappa shape index (κ2) is 4.57. The molecule has 1 N–H and O–H groups in total. The van der Waals surface area contributed by atoms with Crippen LogP contribution in [0, 0.1) is 6.92 Å². The molecule has 3 nitrogen and oxygen atoms in total. The Bertz CT molecular complexity index is 509. The molecule has 0 aliphatic carbocycles. The summed E-state index contributed by atoms with van der Waals surface area (Å²) in [7, 11) is 0. The third-order valence-electron chi connectivity index (χ3n) is 2.33. The number of carbonyl (C=O) groups is 1. The highest BCUT2D eigenvalue weighted by Crippen LogP contribution is 2.18. The molecule has 0 atom stereocenters. The predicted octanol–water partition coefficient (Wildman–Crippen LogP) is 2.95. The fraction of sp³-hybridized carbons (Fsp3) is 0.0769. The van der Waals surface area contributed by atoms with Crippen LogP contribution in [-0.4, -0.2) is 11.3 Å². The van der Waals surface area contributed by atoms with E-state index < -0.39 is 0 Å². The molecule has 1 heterocycles. The maximum atomic E-state index is 10.6. The summed E-state index contributed by atoms with van der Waals surface area (Å²) in [6, 6.07) is 11.3. The average Bonchev–Trinajstić information content (AvgIpc) is 2.32. The first kappa shape index (κ1) is 10.4. The Morgan fingerprint density at radius 3 is 2.81 bits per heavy atom. The van der Waals surface area contributed by atoms with Crippen molar-refractivity contribution in [3.05, 3.63) is 53.7 Å². The summed E-state index contributed by atoms with van der Waals surface area (Å²) in [4.78, 5) is 14.8. The van der Waals surface area contributed by atoms with Crippen molar-refractivity contribution in [2.75, 3.05) is 5.32 Å². The van der Waals surface area contributed by atoms with Gasteiger partial charge in [-0.1, -0.05) is 18.2 Å². The highest BCUT2D eigenvalue weighted by atomic mass is 16.1. The van der Waals surface area contributed by atoms with Gasteiger partial charge < -0.3 is 5.32 Å². The van der Waals surface area contributed by atoms with E-state index in [1.807, 2.05) is 31.2 Å². The van der Waals surface area contributed by atoms with Crippen molar-refractivity contribution in [1.29, 1.82) is 0 Å². The highest BCUT2D eigenvalue weighted by molar-refractivity contribution is 5.76. The average molecular weight is 212 g/mol. The van der Waals surface area contributed by atoms with Gasteiger partial charge in [-0.2, -0.15) is 0 Å². The predicted molar refractivity (Wildman–Crippen MR) is 64.1 cm³/mol. The molecule has 0 aliphatic heterocycles. The number of aromatic nitrogens is 1. The molecule has 0 fully saturated rings. The van der Waals surface area contributed by atoms with Crippen molar-refractivity contribution in [2.45, 2.75) is 6.92 Å². The normalized spacial score (nSPS) is 9.81. The lowest BCUT2D eigenvalue weighted by atomic mass is 10.2. The molecule has 3 heteroatoms. The molecule has 0 aliphatic rings. The van der Waals surface area contributed by atoms with Crippen molar-refractivity contribution < 1.29 is 4.79 Å². The van der Waals surface area contributed by atoms with Crippen LogP contribution in [0.1, 0.15) is 15.9 Å². The van der Waals surface area contributed by atoms with Crippen LogP contribution in [0.2, 0.25) is 0 Å². The number of pyridine rings is 1. The third kappa shape index (κ3) is 2.25. The monoisotopic (exact) mass is 212 g/mol. The zero-order valence-electron chi connectivity index (χ0n) is 8.97. The Hall–Kier alpha value is -2.16. The van der Waals surface area contributed by atoms with Crippen LogP contribution in [0.15, 0.2) is 42.6 Å². The van der Waals surface area contributed by atoms with Gasteiger partial charge >= 0.3 is 0 Å². The zero-order chi connectivity index (χ0) is 11.4. The molecule has 1 aromatic carbocycles. The summed E-state index contributed by atoms with van der Waals surface area (Å²) >= 11 is 0. The van der Waals surface area contributed by atoms with Gasteiger partial charge in [-0.3, -0.25) is 4.79 Å². The van der Waals surface area contributed by atoms with E-state index in [-0.39, 0.29) is 0 Å².